The minimum absolute atomic E-state index is 0.339. The van der Waals surface area contributed by atoms with Crippen molar-refractivity contribution >= 4 is 23.6 Å². The van der Waals surface area contributed by atoms with E-state index in [4.69, 9.17) is 4.74 Å². The van der Waals surface area contributed by atoms with Crippen molar-refractivity contribution < 1.29 is 14.3 Å². The van der Waals surface area contributed by atoms with Crippen molar-refractivity contribution in [3.8, 4) is 0 Å². The lowest BCUT2D eigenvalue weighted by molar-refractivity contribution is -0.142. The van der Waals surface area contributed by atoms with E-state index >= 15 is 0 Å². The number of nitrogens with zero attached hydrogens (tertiary/aromatic N) is 2. The predicted molar refractivity (Wildman–Crippen MR) is 112 cm³/mol. The molecule has 0 bridgehead atoms. The number of carbonyl (C=O) groups excluding carboxylic acids is 2. The maximum absolute atomic E-state index is 12.0. The summed E-state index contributed by atoms with van der Waals surface area (Å²) < 4.78 is 6.80. The number of benzene rings is 2. The second-order valence-electron chi connectivity index (χ2n) is 6.46. The molecule has 6 nitrogen and oxygen atoms in total. The molecule has 1 heterocycles. The molecular weight excluding hydrogens is 366 g/mol. The highest BCUT2D eigenvalue weighted by Gasteiger charge is 2.08. The second-order valence-corrected chi connectivity index (χ2v) is 6.46. The van der Waals surface area contributed by atoms with E-state index < -0.39 is 5.97 Å². The van der Waals surface area contributed by atoms with E-state index in [1.165, 1.54) is 6.08 Å². The van der Waals surface area contributed by atoms with Crippen LogP contribution in [0.3, 0.4) is 0 Å². The molecule has 0 saturated carbocycles. The third-order valence-corrected chi connectivity index (χ3v) is 4.27. The highest BCUT2D eigenvalue weighted by molar-refractivity contribution is 5.95. The minimum atomic E-state index is -0.584. The normalized spacial score (nSPS) is 10.8. The third kappa shape index (κ3) is 6.17. The molecule has 1 N–H and O–H groups in total. The van der Waals surface area contributed by atoms with Crippen LogP contribution in [0.4, 0.5) is 5.69 Å². The van der Waals surface area contributed by atoms with Crippen LogP contribution in [0.1, 0.15) is 23.6 Å². The Hall–Kier alpha value is -3.67. The molecule has 0 saturated heterocycles. The van der Waals surface area contributed by atoms with E-state index in [9.17, 15) is 9.59 Å². The van der Waals surface area contributed by atoms with Crippen LogP contribution in [0.15, 0.2) is 73.1 Å². The van der Waals surface area contributed by atoms with Gasteiger partial charge in [0, 0.05) is 23.5 Å². The van der Waals surface area contributed by atoms with Crippen molar-refractivity contribution in [3.05, 3.63) is 89.8 Å². The fourth-order valence-electron chi connectivity index (χ4n) is 2.81. The summed E-state index contributed by atoms with van der Waals surface area (Å²) >= 11 is 0. The smallest absolute Gasteiger partial charge is 0.331 e. The SMILES string of the molecule is CCc1ccccc1NC(=O)COC(=O)/C=C/c1cnn(Cc2ccccc2)c1. The van der Waals surface area contributed by atoms with Crippen molar-refractivity contribution in [2.45, 2.75) is 19.9 Å². The van der Waals surface area contributed by atoms with E-state index in [0.29, 0.717) is 6.54 Å². The highest BCUT2D eigenvalue weighted by atomic mass is 16.5. The van der Waals surface area contributed by atoms with Gasteiger partial charge in [-0.25, -0.2) is 4.79 Å². The van der Waals surface area contributed by atoms with Crippen LogP contribution in [0, 0.1) is 0 Å². The second kappa shape index (κ2) is 10.0. The molecule has 3 rings (SSSR count). The number of carbonyl (C=O) groups is 2. The molecule has 2 aromatic carbocycles. The molecule has 0 unspecified atom stereocenters. The molecule has 0 aliphatic heterocycles. The monoisotopic (exact) mass is 389 g/mol. The Balaban J connectivity index is 1.47. The van der Waals surface area contributed by atoms with E-state index in [1.54, 1.807) is 17.0 Å². The molecule has 3 aromatic rings. The van der Waals surface area contributed by atoms with Crippen LogP contribution in [-0.2, 0) is 27.3 Å². The minimum Gasteiger partial charge on any atom is -0.452 e. The maximum Gasteiger partial charge on any atom is 0.331 e. The molecule has 1 amide bonds. The Morgan fingerprint density at radius 1 is 1.10 bits per heavy atom. The van der Waals surface area contributed by atoms with Crippen molar-refractivity contribution in [3.63, 3.8) is 0 Å². The summed E-state index contributed by atoms with van der Waals surface area (Å²) in [5.41, 5.74) is 3.68. The van der Waals surface area contributed by atoms with Gasteiger partial charge in [-0.1, -0.05) is 55.5 Å². The molecule has 148 valence electrons. The molecule has 29 heavy (non-hydrogen) atoms. The number of hydrogen-bond acceptors (Lipinski definition) is 4. The molecule has 1 aromatic heterocycles. The summed E-state index contributed by atoms with van der Waals surface area (Å²) in [6.07, 6.45) is 7.21. The van der Waals surface area contributed by atoms with Crippen LogP contribution in [0.5, 0.6) is 0 Å². The van der Waals surface area contributed by atoms with Gasteiger partial charge >= 0.3 is 5.97 Å². The number of aromatic nitrogens is 2. The van der Waals surface area contributed by atoms with Crippen molar-refractivity contribution in [2.75, 3.05) is 11.9 Å². The molecule has 0 spiro atoms. The number of para-hydroxylation sites is 1. The van der Waals surface area contributed by atoms with Crippen molar-refractivity contribution in [1.29, 1.82) is 0 Å². The Morgan fingerprint density at radius 2 is 1.86 bits per heavy atom. The summed E-state index contributed by atoms with van der Waals surface area (Å²) in [5, 5.41) is 7.04. The zero-order chi connectivity index (χ0) is 20.5. The summed E-state index contributed by atoms with van der Waals surface area (Å²) in [7, 11) is 0. The lowest BCUT2D eigenvalue weighted by atomic mass is 10.1. The van der Waals surface area contributed by atoms with Gasteiger partial charge in [-0.3, -0.25) is 9.48 Å². The lowest BCUT2D eigenvalue weighted by Gasteiger charge is -2.09. The largest absolute Gasteiger partial charge is 0.452 e. The zero-order valence-electron chi connectivity index (χ0n) is 16.2. The molecule has 0 atom stereocenters. The van der Waals surface area contributed by atoms with Crippen LogP contribution < -0.4 is 5.32 Å². The summed E-state index contributed by atoms with van der Waals surface area (Å²) in [6.45, 7) is 2.32. The van der Waals surface area contributed by atoms with Gasteiger partial charge in [-0.05, 0) is 29.7 Å². The maximum atomic E-state index is 12.0. The average molecular weight is 389 g/mol. The standard InChI is InChI=1S/C23H23N3O3/c1-2-20-10-6-7-11-21(20)25-22(27)17-29-23(28)13-12-19-14-24-26(16-19)15-18-8-4-3-5-9-18/h3-14,16H,2,15,17H2,1H3,(H,25,27)/b13-12+. The predicted octanol–water partition coefficient (Wildman–Crippen LogP) is 3.69. The summed E-state index contributed by atoms with van der Waals surface area (Å²) in [5.74, 6) is -0.955. The number of hydrogen-bond donors (Lipinski definition) is 1. The van der Waals surface area contributed by atoms with Gasteiger partial charge in [0.05, 0.1) is 12.7 Å². The average Bonchev–Trinajstić information content (AvgIpc) is 3.19. The first-order valence-corrected chi connectivity index (χ1v) is 9.43. The number of esters is 1. The van der Waals surface area contributed by atoms with Gasteiger partial charge in [0.2, 0.25) is 0 Å². The number of ether oxygens (including phenoxy) is 1. The summed E-state index contributed by atoms with van der Waals surface area (Å²) in [6, 6.07) is 17.5. The van der Waals surface area contributed by atoms with Gasteiger partial charge in [-0.15, -0.1) is 0 Å². The topological polar surface area (TPSA) is 73.2 Å². The van der Waals surface area contributed by atoms with Crippen LogP contribution in [0.2, 0.25) is 0 Å². The van der Waals surface area contributed by atoms with Gasteiger partial charge in [0.15, 0.2) is 6.61 Å². The highest BCUT2D eigenvalue weighted by Crippen LogP contribution is 2.15. The molecule has 0 radical (unpaired) electrons. The van der Waals surface area contributed by atoms with Crippen LogP contribution in [-0.4, -0.2) is 28.3 Å². The van der Waals surface area contributed by atoms with E-state index in [1.807, 2.05) is 67.7 Å². The first kappa shape index (κ1) is 20.1. The fraction of sp³-hybridized carbons (Fsp3) is 0.174. The van der Waals surface area contributed by atoms with E-state index in [0.717, 1.165) is 28.8 Å². The Morgan fingerprint density at radius 3 is 2.66 bits per heavy atom. The van der Waals surface area contributed by atoms with E-state index in [2.05, 4.69) is 10.4 Å². The molecule has 6 heteroatoms. The lowest BCUT2D eigenvalue weighted by Crippen LogP contribution is -2.20. The van der Waals surface area contributed by atoms with Crippen molar-refractivity contribution in [2.24, 2.45) is 0 Å². The quantitative estimate of drug-likeness (QED) is 0.471. The first-order chi connectivity index (χ1) is 14.1. The molecule has 0 fully saturated rings. The molecule has 0 aliphatic rings. The molecular formula is C23H23N3O3. The fourth-order valence-corrected chi connectivity index (χ4v) is 2.81. The van der Waals surface area contributed by atoms with Gasteiger partial charge in [0.25, 0.3) is 5.91 Å². The third-order valence-electron chi connectivity index (χ3n) is 4.27. The number of nitrogens with one attached hydrogen (secondary N) is 1. The number of anilines is 1. The van der Waals surface area contributed by atoms with Gasteiger partial charge in [0.1, 0.15) is 0 Å². The molecule has 0 aliphatic carbocycles. The number of rotatable bonds is 8. The Bertz CT molecular complexity index is 993. The van der Waals surface area contributed by atoms with Gasteiger partial charge < -0.3 is 10.1 Å². The van der Waals surface area contributed by atoms with Gasteiger partial charge in [-0.2, -0.15) is 5.10 Å². The van der Waals surface area contributed by atoms with E-state index in [-0.39, 0.29) is 12.5 Å². The summed E-state index contributed by atoms with van der Waals surface area (Å²) in [4.78, 5) is 23.9. The Kier molecular flexibility index (Phi) is 6.95. The zero-order valence-corrected chi connectivity index (χ0v) is 16.2. The Labute approximate surface area is 169 Å². The van der Waals surface area contributed by atoms with Crippen LogP contribution >= 0.6 is 0 Å². The number of amides is 1. The van der Waals surface area contributed by atoms with Crippen molar-refractivity contribution in [1.82, 2.24) is 9.78 Å². The van der Waals surface area contributed by atoms with Crippen LogP contribution in [0.25, 0.3) is 6.08 Å². The first-order valence-electron chi connectivity index (χ1n) is 9.43. The number of aryl methyl sites for hydroxylation is 1.